The molecule has 5 nitrogen and oxygen atoms in total. The second-order valence-electron chi connectivity index (χ2n) is 8.62. The third kappa shape index (κ3) is 4.78. The Kier molecular flexibility index (Phi) is 6.17. The zero-order valence-corrected chi connectivity index (χ0v) is 19.7. The van der Waals surface area contributed by atoms with Crippen LogP contribution in [0, 0.1) is 6.92 Å². The number of benzene rings is 3. The SMILES string of the molecule is Cc1ccc(Oc2ccccc2C[n+]2c(O)c(-c3cccc(C(F)(F)F)c3)c(=O)n3ccccc32)cc1. The van der Waals surface area contributed by atoms with E-state index in [1.54, 1.807) is 24.3 Å². The predicted octanol–water partition coefficient (Wildman–Crippen LogP) is 6.13. The van der Waals surface area contributed by atoms with Gasteiger partial charge in [0.15, 0.2) is 5.56 Å². The normalized spacial score (nSPS) is 11.6. The fourth-order valence-corrected chi connectivity index (χ4v) is 4.18. The maximum atomic E-state index is 13.4. The van der Waals surface area contributed by atoms with E-state index in [1.807, 2.05) is 49.4 Å². The van der Waals surface area contributed by atoms with E-state index in [2.05, 4.69) is 0 Å². The molecule has 0 aliphatic heterocycles. The summed E-state index contributed by atoms with van der Waals surface area (Å²) >= 11 is 0. The minimum Gasteiger partial charge on any atom is -0.477 e. The van der Waals surface area contributed by atoms with E-state index < -0.39 is 23.2 Å². The molecule has 2 aromatic heterocycles. The summed E-state index contributed by atoms with van der Waals surface area (Å²) in [6.45, 7) is 2.06. The lowest BCUT2D eigenvalue weighted by Crippen LogP contribution is -2.41. The number of halogens is 3. The molecule has 8 heteroatoms. The van der Waals surface area contributed by atoms with Crippen molar-refractivity contribution >= 4 is 5.65 Å². The molecule has 0 radical (unpaired) electrons. The summed E-state index contributed by atoms with van der Waals surface area (Å²) in [6.07, 6.45) is -3.08. The van der Waals surface area contributed by atoms with Crippen molar-refractivity contribution in [2.45, 2.75) is 19.6 Å². The summed E-state index contributed by atoms with van der Waals surface area (Å²) in [5.74, 6) is 0.728. The largest absolute Gasteiger partial charge is 0.477 e. The number of fused-ring (bicyclic) bond motifs is 1. The van der Waals surface area contributed by atoms with E-state index >= 15 is 0 Å². The summed E-state index contributed by atoms with van der Waals surface area (Å²) < 4.78 is 49.0. The molecule has 1 N–H and O–H groups in total. The third-order valence-electron chi connectivity index (χ3n) is 6.06. The number of rotatable bonds is 5. The topological polar surface area (TPSA) is 54.8 Å². The first-order valence-electron chi connectivity index (χ1n) is 11.5. The van der Waals surface area contributed by atoms with Gasteiger partial charge < -0.3 is 9.84 Å². The molecule has 0 saturated carbocycles. The molecule has 186 valence electrons. The maximum absolute atomic E-state index is 13.4. The Labute approximate surface area is 210 Å². The highest BCUT2D eigenvalue weighted by Crippen LogP contribution is 2.33. The van der Waals surface area contributed by atoms with Crippen molar-refractivity contribution in [1.82, 2.24) is 4.40 Å². The average molecular weight is 504 g/mol. The van der Waals surface area contributed by atoms with Crippen LogP contribution in [0.3, 0.4) is 0 Å². The molecule has 5 rings (SSSR count). The zero-order chi connectivity index (χ0) is 26.2. The van der Waals surface area contributed by atoms with Gasteiger partial charge in [0.1, 0.15) is 18.0 Å². The van der Waals surface area contributed by atoms with Gasteiger partial charge in [-0.15, -0.1) is 0 Å². The van der Waals surface area contributed by atoms with Gasteiger partial charge >= 0.3 is 11.7 Å². The molecular weight excluding hydrogens is 481 g/mol. The first kappa shape index (κ1) is 24.1. The summed E-state index contributed by atoms with van der Waals surface area (Å²) in [5, 5.41) is 11.3. The van der Waals surface area contributed by atoms with Gasteiger partial charge in [0.2, 0.25) is 0 Å². The Morgan fingerprint density at radius 2 is 1.65 bits per heavy atom. The van der Waals surface area contributed by atoms with E-state index in [0.717, 1.165) is 17.7 Å². The number of aromatic hydroxyl groups is 1. The lowest BCUT2D eigenvalue weighted by atomic mass is 10.0. The van der Waals surface area contributed by atoms with Crippen LogP contribution in [-0.2, 0) is 12.7 Å². The van der Waals surface area contributed by atoms with Crippen LogP contribution in [0.25, 0.3) is 16.8 Å². The van der Waals surface area contributed by atoms with Crippen LogP contribution in [0.15, 0.2) is 102 Å². The molecule has 5 aromatic rings. The van der Waals surface area contributed by atoms with Crippen LogP contribution in [-0.4, -0.2) is 9.51 Å². The van der Waals surface area contributed by atoms with Crippen molar-refractivity contribution in [3.05, 3.63) is 124 Å². The fraction of sp³-hybridized carbons (Fsp3) is 0.103. The van der Waals surface area contributed by atoms with E-state index in [1.165, 1.54) is 27.3 Å². The number of nitrogens with zero attached hydrogens (tertiary/aromatic N) is 2. The smallest absolute Gasteiger partial charge is 0.416 e. The first-order chi connectivity index (χ1) is 17.7. The van der Waals surface area contributed by atoms with Crippen LogP contribution in [0.2, 0.25) is 0 Å². The van der Waals surface area contributed by atoms with Gasteiger partial charge in [0.25, 0.3) is 11.5 Å². The first-order valence-corrected chi connectivity index (χ1v) is 11.5. The maximum Gasteiger partial charge on any atom is 0.416 e. The summed E-state index contributed by atoms with van der Waals surface area (Å²) in [6, 6.07) is 24.2. The molecule has 2 heterocycles. The summed E-state index contributed by atoms with van der Waals surface area (Å²) in [5.41, 5.74) is 0.344. The Bertz CT molecular complexity index is 1660. The van der Waals surface area contributed by atoms with Crippen molar-refractivity contribution in [2.75, 3.05) is 0 Å². The van der Waals surface area contributed by atoms with Crippen molar-refractivity contribution in [1.29, 1.82) is 0 Å². The second kappa shape index (κ2) is 9.46. The number of hydrogen-bond acceptors (Lipinski definition) is 3. The predicted molar refractivity (Wildman–Crippen MR) is 133 cm³/mol. The molecule has 37 heavy (non-hydrogen) atoms. The quantitative estimate of drug-likeness (QED) is 0.294. The molecule has 0 aliphatic rings. The van der Waals surface area contributed by atoms with Gasteiger partial charge in [0, 0.05) is 11.6 Å². The summed E-state index contributed by atoms with van der Waals surface area (Å²) in [4.78, 5) is 13.3. The van der Waals surface area contributed by atoms with E-state index in [-0.39, 0.29) is 17.7 Å². The van der Waals surface area contributed by atoms with Gasteiger partial charge in [0.05, 0.1) is 11.8 Å². The minimum atomic E-state index is -4.60. The van der Waals surface area contributed by atoms with E-state index in [0.29, 0.717) is 22.7 Å². The molecule has 0 spiro atoms. The number of aryl methyl sites for hydroxylation is 1. The summed E-state index contributed by atoms with van der Waals surface area (Å²) in [7, 11) is 0. The highest BCUT2D eigenvalue weighted by Gasteiger charge is 2.32. The number of para-hydroxylation sites is 1. The molecule has 3 aromatic carbocycles. The van der Waals surface area contributed by atoms with Crippen molar-refractivity contribution in [3.8, 4) is 28.5 Å². The van der Waals surface area contributed by atoms with Crippen LogP contribution in [0.5, 0.6) is 17.4 Å². The lowest BCUT2D eigenvalue weighted by Gasteiger charge is -2.14. The van der Waals surface area contributed by atoms with Crippen molar-refractivity contribution in [2.24, 2.45) is 0 Å². The molecule has 0 amide bonds. The molecule has 0 unspecified atom stereocenters. The Balaban J connectivity index is 1.66. The standard InChI is InChI=1S/C29H21F3N2O3/c1-19-12-14-23(15-13-19)37-24-10-3-2-7-21(24)18-34-25-11-4-5-16-33(25)27(35)26(28(34)36)20-8-6-9-22(17-20)29(30,31)32/h2-17H,18H2,1H3/p+1. The van der Waals surface area contributed by atoms with Crippen molar-refractivity contribution < 1.29 is 27.6 Å². The monoisotopic (exact) mass is 503 g/mol. The van der Waals surface area contributed by atoms with E-state index in [9.17, 15) is 23.1 Å². The van der Waals surface area contributed by atoms with Gasteiger partial charge in [-0.25, -0.2) is 4.79 Å². The van der Waals surface area contributed by atoms with E-state index in [4.69, 9.17) is 4.74 Å². The highest BCUT2D eigenvalue weighted by molar-refractivity contribution is 5.68. The lowest BCUT2D eigenvalue weighted by molar-refractivity contribution is -0.671. The molecule has 0 atom stereocenters. The van der Waals surface area contributed by atoms with Crippen LogP contribution in [0.1, 0.15) is 16.7 Å². The minimum absolute atomic E-state index is 0.0338. The van der Waals surface area contributed by atoms with Crippen LogP contribution in [0.4, 0.5) is 13.2 Å². The Hall–Kier alpha value is -4.59. The number of aromatic nitrogens is 2. The van der Waals surface area contributed by atoms with Crippen LogP contribution < -0.4 is 14.9 Å². The van der Waals surface area contributed by atoms with Gasteiger partial charge in [-0.1, -0.05) is 54.1 Å². The third-order valence-corrected chi connectivity index (χ3v) is 6.06. The fourth-order valence-electron chi connectivity index (χ4n) is 4.18. The van der Waals surface area contributed by atoms with Gasteiger partial charge in [-0.05, 0) is 48.9 Å². The molecule has 0 bridgehead atoms. The Morgan fingerprint density at radius 1 is 0.919 bits per heavy atom. The van der Waals surface area contributed by atoms with Gasteiger partial charge in [-0.3, -0.25) is 0 Å². The van der Waals surface area contributed by atoms with Crippen LogP contribution >= 0.6 is 0 Å². The highest BCUT2D eigenvalue weighted by atomic mass is 19.4. The van der Waals surface area contributed by atoms with Crippen molar-refractivity contribution in [3.63, 3.8) is 0 Å². The zero-order valence-electron chi connectivity index (χ0n) is 19.7. The molecule has 0 fully saturated rings. The Morgan fingerprint density at radius 3 is 2.41 bits per heavy atom. The number of alkyl halides is 3. The number of hydrogen-bond donors (Lipinski definition) is 1. The number of ether oxygens (including phenoxy) is 1. The molecular formula is C29H22F3N2O3+. The number of pyridine rings is 1. The molecule has 0 saturated heterocycles. The van der Waals surface area contributed by atoms with Gasteiger partial charge in [-0.2, -0.15) is 22.1 Å². The average Bonchev–Trinajstić information content (AvgIpc) is 2.88. The second-order valence-corrected chi connectivity index (χ2v) is 8.62. The molecule has 0 aliphatic carbocycles.